The molecule has 0 bridgehead atoms. The highest BCUT2D eigenvalue weighted by atomic mass is 32.2. The molecule has 0 spiro atoms. The number of aryl methyl sites for hydroxylation is 1. The Hall–Kier alpha value is -2.20. The van der Waals surface area contributed by atoms with Crippen LogP contribution in [-0.4, -0.2) is 14.1 Å². The molecule has 0 fully saturated rings. The molecule has 0 aliphatic carbocycles. The molecule has 0 radical (unpaired) electrons. The Morgan fingerprint density at radius 3 is 2.29 bits per heavy atom. The second-order valence-corrected chi connectivity index (χ2v) is 6.29. The van der Waals surface area contributed by atoms with Gasteiger partial charge in [0.25, 0.3) is 10.0 Å². The number of sulfonamides is 1. The number of benzene rings is 2. The van der Waals surface area contributed by atoms with Gasteiger partial charge in [-0.1, -0.05) is 54.1 Å². The van der Waals surface area contributed by atoms with E-state index in [0.717, 1.165) is 11.1 Å². The number of hydrogen-bond donors (Lipinski definition) is 0. The van der Waals surface area contributed by atoms with Gasteiger partial charge in [-0.25, -0.2) is 0 Å². The maximum Gasteiger partial charge on any atom is 0.282 e. The Balaban J connectivity index is 2.46. The van der Waals surface area contributed by atoms with Gasteiger partial charge in [-0.2, -0.15) is 12.8 Å². The van der Waals surface area contributed by atoms with E-state index in [1.807, 2.05) is 37.3 Å². The minimum absolute atomic E-state index is 0.200. The minimum atomic E-state index is -3.71. The van der Waals surface area contributed by atoms with Gasteiger partial charge in [-0.3, -0.25) is 0 Å². The third-order valence-corrected chi connectivity index (χ3v) is 4.32. The van der Waals surface area contributed by atoms with Crippen LogP contribution in [0, 0.1) is 6.92 Å². The number of allylic oxidation sites excluding steroid dienone is 1. The lowest BCUT2D eigenvalue weighted by molar-refractivity contribution is 0.598. The molecule has 3 nitrogen and oxygen atoms in total. The largest absolute Gasteiger partial charge is 0.282 e. The number of nitrogens with zero attached hydrogens (tertiary/aromatic N) is 1. The molecule has 0 aliphatic rings. The van der Waals surface area contributed by atoms with Gasteiger partial charge in [-0.05, 0) is 24.6 Å². The zero-order valence-electron chi connectivity index (χ0n) is 11.9. The van der Waals surface area contributed by atoms with Gasteiger partial charge in [0.1, 0.15) is 0 Å². The van der Waals surface area contributed by atoms with Crippen molar-refractivity contribution in [2.45, 2.75) is 18.2 Å². The Bertz CT molecular complexity index is 745. The topological polar surface area (TPSA) is 46.5 Å². The van der Waals surface area contributed by atoms with Gasteiger partial charge < -0.3 is 0 Å². The fourth-order valence-corrected chi connectivity index (χ4v) is 2.94. The van der Waals surface area contributed by atoms with Crippen LogP contribution in [0.2, 0.25) is 0 Å². The molecule has 0 atom stereocenters. The Labute approximate surface area is 125 Å². The average Bonchev–Trinajstić information content (AvgIpc) is 2.48. The summed E-state index contributed by atoms with van der Waals surface area (Å²) in [4.78, 5) is 0.200. The first-order valence-corrected chi connectivity index (χ1v) is 8.04. The zero-order chi connectivity index (χ0) is 15.3. The quantitative estimate of drug-likeness (QED) is 0.623. The van der Waals surface area contributed by atoms with Gasteiger partial charge in [0.05, 0.1) is 10.6 Å². The fourth-order valence-electron chi connectivity index (χ4n) is 1.88. The lowest BCUT2D eigenvalue weighted by Crippen LogP contribution is -2.06. The molecule has 0 aliphatic heterocycles. The van der Waals surface area contributed by atoms with Crippen LogP contribution in [0.1, 0.15) is 17.5 Å². The van der Waals surface area contributed by atoms with Crippen molar-refractivity contribution in [2.75, 3.05) is 0 Å². The van der Waals surface area contributed by atoms with Crippen molar-refractivity contribution in [1.29, 1.82) is 0 Å². The third-order valence-electron chi connectivity index (χ3n) is 2.99. The second kappa shape index (κ2) is 6.50. The van der Waals surface area contributed by atoms with Crippen LogP contribution in [0.4, 0.5) is 0 Å². The monoisotopic (exact) mass is 299 g/mol. The van der Waals surface area contributed by atoms with Crippen LogP contribution < -0.4 is 0 Å². The predicted octanol–water partition coefficient (Wildman–Crippen LogP) is 3.75. The van der Waals surface area contributed by atoms with Gasteiger partial charge in [0.15, 0.2) is 0 Å². The predicted molar refractivity (Wildman–Crippen MR) is 86.2 cm³/mol. The van der Waals surface area contributed by atoms with Gasteiger partial charge >= 0.3 is 0 Å². The molecular weight excluding hydrogens is 282 g/mol. The van der Waals surface area contributed by atoms with Crippen LogP contribution >= 0.6 is 0 Å². The Kier molecular flexibility index (Phi) is 4.70. The highest BCUT2D eigenvalue weighted by molar-refractivity contribution is 7.90. The van der Waals surface area contributed by atoms with E-state index < -0.39 is 10.0 Å². The molecule has 0 amide bonds. The Morgan fingerprint density at radius 1 is 1.10 bits per heavy atom. The van der Waals surface area contributed by atoms with Gasteiger partial charge in [-0.15, -0.1) is 6.58 Å². The second-order valence-electron chi connectivity index (χ2n) is 4.68. The summed E-state index contributed by atoms with van der Waals surface area (Å²) in [6.07, 6.45) is 2.05. The van der Waals surface area contributed by atoms with Crippen molar-refractivity contribution in [2.24, 2.45) is 4.40 Å². The van der Waals surface area contributed by atoms with E-state index in [2.05, 4.69) is 11.0 Å². The van der Waals surface area contributed by atoms with Crippen molar-refractivity contribution >= 4 is 15.7 Å². The molecule has 108 valence electrons. The average molecular weight is 299 g/mol. The number of hydrogen-bond acceptors (Lipinski definition) is 2. The molecular formula is C17H17NO2S. The summed E-state index contributed by atoms with van der Waals surface area (Å²) in [7, 11) is -3.71. The van der Waals surface area contributed by atoms with E-state index in [1.54, 1.807) is 30.3 Å². The SMILES string of the molecule is C=CC/C(=N\S(=O)(=O)c1ccc(C)cc1)c1ccccc1. The maximum absolute atomic E-state index is 12.4. The highest BCUT2D eigenvalue weighted by Gasteiger charge is 2.14. The molecule has 0 unspecified atom stereocenters. The van der Waals surface area contributed by atoms with E-state index in [4.69, 9.17) is 0 Å². The first kappa shape index (κ1) is 15.2. The summed E-state index contributed by atoms with van der Waals surface area (Å²) in [5.41, 5.74) is 2.28. The summed E-state index contributed by atoms with van der Waals surface area (Å²) in [6, 6.07) is 15.9. The molecule has 2 aromatic carbocycles. The van der Waals surface area contributed by atoms with Crippen molar-refractivity contribution in [1.82, 2.24) is 0 Å². The molecule has 2 aromatic rings. The van der Waals surface area contributed by atoms with Gasteiger partial charge in [0, 0.05) is 6.42 Å². The summed E-state index contributed by atoms with van der Waals surface area (Å²) < 4.78 is 28.7. The maximum atomic E-state index is 12.4. The first-order chi connectivity index (χ1) is 10.0. The van der Waals surface area contributed by atoms with Crippen molar-refractivity contribution in [3.05, 3.63) is 78.4 Å². The molecule has 0 N–H and O–H groups in total. The summed E-state index contributed by atoms with van der Waals surface area (Å²) in [5, 5.41) is 0. The molecule has 0 saturated heterocycles. The van der Waals surface area contributed by atoms with Crippen LogP contribution in [0.25, 0.3) is 0 Å². The lowest BCUT2D eigenvalue weighted by Gasteiger charge is -2.05. The van der Waals surface area contributed by atoms with Crippen molar-refractivity contribution < 1.29 is 8.42 Å². The van der Waals surface area contributed by atoms with Crippen molar-refractivity contribution in [3.63, 3.8) is 0 Å². The van der Waals surface area contributed by atoms with Gasteiger partial charge in [0.2, 0.25) is 0 Å². The van der Waals surface area contributed by atoms with Crippen LogP contribution in [0.5, 0.6) is 0 Å². The van der Waals surface area contributed by atoms with E-state index in [1.165, 1.54) is 0 Å². The molecule has 2 rings (SSSR count). The summed E-state index contributed by atoms with van der Waals surface area (Å²) >= 11 is 0. The minimum Gasteiger partial charge on any atom is -0.199 e. The standard InChI is InChI=1S/C17H17NO2S/c1-3-7-17(15-8-5-4-6-9-15)18-21(19,20)16-12-10-14(2)11-13-16/h3-6,8-13H,1,7H2,2H3/b18-17+. The smallest absolute Gasteiger partial charge is 0.199 e. The van der Waals surface area contributed by atoms with Crippen LogP contribution in [-0.2, 0) is 10.0 Å². The first-order valence-electron chi connectivity index (χ1n) is 6.60. The zero-order valence-corrected chi connectivity index (χ0v) is 12.7. The number of rotatable bonds is 5. The third kappa shape index (κ3) is 3.89. The molecule has 0 aromatic heterocycles. The normalized spacial score (nSPS) is 12.1. The molecule has 4 heteroatoms. The highest BCUT2D eigenvalue weighted by Crippen LogP contribution is 2.16. The van der Waals surface area contributed by atoms with E-state index in [-0.39, 0.29) is 4.90 Å². The summed E-state index contributed by atoms with van der Waals surface area (Å²) in [5.74, 6) is 0. The van der Waals surface area contributed by atoms with Crippen LogP contribution in [0.3, 0.4) is 0 Å². The van der Waals surface area contributed by atoms with Crippen LogP contribution in [0.15, 0.2) is 76.5 Å². The van der Waals surface area contributed by atoms with Crippen molar-refractivity contribution in [3.8, 4) is 0 Å². The van der Waals surface area contributed by atoms with E-state index >= 15 is 0 Å². The molecule has 21 heavy (non-hydrogen) atoms. The van der Waals surface area contributed by atoms with E-state index in [9.17, 15) is 8.42 Å². The summed E-state index contributed by atoms with van der Waals surface area (Å²) in [6.45, 7) is 5.57. The molecule has 0 heterocycles. The fraction of sp³-hybridized carbons (Fsp3) is 0.118. The Morgan fingerprint density at radius 2 is 1.71 bits per heavy atom. The van der Waals surface area contributed by atoms with E-state index in [0.29, 0.717) is 12.1 Å². The lowest BCUT2D eigenvalue weighted by atomic mass is 10.1. The molecule has 0 saturated carbocycles.